The van der Waals surface area contributed by atoms with Gasteiger partial charge in [-0.3, -0.25) is 14.4 Å². The average Bonchev–Trinajstić information content (AvgIpc) is 2.87. The van der Waals surface area contributed by atoms with Gasteiger partial charge in [-0.25, -0.2) is 10.0 Å². The van der Waals surface area contributed by atoms with E-state index in [2.05, 4.69) is 5.32 Å². The van der Waals surface area contributed by atoms with Crippen LogP contribution in [-0.2, 0) is 14.4 Å². The summed E-state index contributed by atoms with van der Waals surface area (Å²) >= 11 is 0. The number of carbonyl (C=O) groups is 3. The minimum Gasteiger partial charge on any atom is -0.335 e. The number of rotatable bonds is 5. The van der Waals surface area contributed by atoms with E-state index in [1.807, 2.05) is 12.1 Å². The third-order valence-electron chi connectivity index (χ3n) is 3.88. The molecule has 1 N–H and O–H groups in total. The van der Waals surface area contributed by atoms with Crippen LogP contribution in [-0.4, -0.2) is 49.3 Å². The van der Waals surface area contributed by atoms with Gasteiger partial charge in [0, 0.05) is 0 Å². The van der Waals surface area contributed by atoms with Crippen LogP contribution in [0.4, 0.5) is 11.4 Å². The number of nitrogens with one attached hydrogen (secondary N) is 1. The molecule has 1 saturated heterocycles. The first-order chi connectivity index (χ1) is 12.5. The zero-order valence-corrected chi connectivity index (χ0v) is 14.6. The lowest BCUT2D eigenvalue weighted by Gasteiger charge is -2.27. The summed E-state index contributed by atoms with van der Waals surface area (Å²) in [6, 6.07) is 16.5. The predicted octanol–water partition coefficient (Wildman–Crippen LogP) is 1.03. The van der Waals surface area contributed by atoms with E-state index in [9.17, 15) is 14.4 Å². The summed E-state index contributed by atoms with van der Waals surface area (Å²) in [6.07, 6.45) is 0. The molecule has 1 aliphatic rings. The van der Waals surface area contributed by atoms with Gasteiger partial charge in [0.15, 0.2) is 6.04 Å². The van der Waals surface area contributed by atoms with Crippen molar-refractivity contribution >= 4 is 29.1 Å². The fourth-order valence-electron chi connectivity index (χ4n) is 2.79. The molecule has 7 heteroatoms. The molecule has 0 bridgehead atoms. The number of hydrazine groups is 1. The fraction of sp³-hybridized carbons (Fsp3) is 0.211. The summed E-state index contributed by atoms with van der Waals surface area (Å²) in [7, 11) is 3.48. The maximum absolute atomic E-state index is 13.0. The molecule has 0 atom stereocenters. The van der Waals surface area contributed by atoms with Crippen molar-refractivity contribution in [2.75, 3.05) is 30.7 Å². The lowest BCUT2D eigenvalue weighted by molar-refractivity contribution is -0.131. The summed E-state index contributed by atoms with van der Waals surface area (Å²) < 4.78 is 0. The smallest absolute Gasteiger partial charge is 0.278 e. The van der Waals surface area contributed by atoms with Crippen molar-refractivity contribution in [3.8, 4) is 0 Å². The monoisotopic (exact) mass is 352 g/mol. The number of nitrogens with zero attached hydrogens (tertiary/aromatic N) is 3. The van der Waals surface area contributed by atoms with Gasteiger partial charge in [-0.2, -0.15) is 0 Å². The molecule has 1 fully saturated rings. The molecule has 1 heterocycles. The van der Waals surface area contributed by atoms with Crippen molar-refractivity contribution < 1.29 is 14.4 Å². The Bertz CT molecular complexity index is 751. The molecule has 26 heavy (non-hydrogen) atoms. The minimum atomic E-state index is -1.25. The second-order valence-electron chi connectivity index (χ2n) is 6.21. The van der Waals surface area contributed by atoms with Crippen molar-refractivity contribution in [2.45, 2.75) is 6.04 Å². The largest absolute Gasteiger partial charge is 0.335 e. The van der Waals surface area contributed by atoms with Crippen LogP contribution in [0.1, 0.15) is 0 Å². The Kier molecular flexibility index (Phi) is 4.99. The maximum Gasteiger partial charge on any atom is 0.278 e. The summed E-state index contributed by atoms with van der Waals surface area (Å²) in [5.74, 6) is -1.36. The molecule has 2 aromatic carbocycles. The highest BCUT2D eigenvalue weighted by Crippen LogP contribution is 2.28. The maximum atomic E-state index is 13.0. The number of likely N-dealkylation sites (N-methyl/N-ethyl adjacent to an activating group) is 1. The Labute approximate surface area is 151 Å². The first-order valence-electron chi connectivity index (χ1n) is 8.21. The number of amides is 3. The number of anilines is 2. The van der Waals surface area contributed by atoms with E-state index in [-0.39, 0.29) is 12.5 Å². The predicted molar refractivity (Wildman–Crippen MR) is 98.3 cm³/mol. The summed E-state index contributed by atoms with van der Waals surface area (Å²) in [6.45, 7) is 0.0910. The van der Waals surface area contributed by atoms with E-state index in [1.54, 1.807) is 67.5 Å². The van der Waals surface area contributed by atoms with E-state index in [0.29, 0.717) is 11.4 Å². The molecule has 0 aromatic heterocycles. The molecule has 0 radical (unpaired) electrons. The number of benzene rings is 2. The van der Waals surface area contributed by atoms with Crippen LogP contribution in [0.5, 0.6) is 0 Å². The first-order valence-corrected chi connectivity index (χ1v) is 8.21. The third-order valence-corrected chi connectivity index (χ3v) is 3.88. The Balaban J connectivity index is 1.96. The van der Waals surface area contributed by atoms with E-state index in [0.717, 1.165) is 0 Å². The fourth-order valence-corrected chi connectivity index (χ4v) is 2.79. The van der Waals surface area contributed by atoms with Crippen LogP contribution in [0.3, 0.4) is 0 Å². The number of hydrogen-bond acceptors (Lipinski definition) is 4. The van der Waals surface area contributed by atoms with Gasteiger partial charge in [0.1, 0.15) is 0 Å². The van der Waals surface area contributed by atoms with Crippen molar-refractivity contribution in [3.63, 3.8) is 0 Å². The standard InChI is InChI=1S/C19H20N4O3/c1-21(2)13-16(24)20-17-18(25)22(14-9-5-3-6-10-14)23(19(17)26)15-11-7-4-8-12-15/h3-12,17H,13H2,1-2H3,(H,20,24). The topological polar surface area (TPSA) is 73.0 Å². The molecule has 0 saturated carbocycles. The lowest BCUT2D eigenvalue weighted by Crippen LogP contribution is -2.47. The van der Waals surface area contributed by atoms with E-state index >= 15 is 0 Å². The Morgan fingerprint density at radius 2 is 1.31 bits per heavy atom. The summed E-state index contributed by atoms with van der Waals surface area (Å²) in [5, 5.41) is 5.15. The second kappa shape index (κ2) is 7.37. The zero-order valence-electron chi connectivity index (χ0n) is 14.6. The average molecular weight is 352 g/mol. The van der Waals surface area contributed by atoms with Gasteiger partial charge in [0.05, 0.1) is 17.9 Å². The van der Waals surface area contributed by atoms with E-state index < -0.39 is 17.9 Å². The van der Waals surface area contributed by atoms with Crippen LogP contribution in [0.2, 0.25) is 0 Å². The SMILES string of the molecule is CN(C)CC(=O)NC1C(=O)N(c2ccccc2)N(c2ccccc2)C1=O. The van der Waals surface area contributed by atoms with Gasteiger partial charge in [0.2, 0.25) is 5.91 Å². The van der Waals surface area contributed by atoms with Crippen molar-refractivity contribution in [1.82, 2.24) is 10.2 Å². The van der Waals surface area contributed by atoms with Gasteiger partial charge in [-0.05, 0) is 38.4 Å². The number of carbonyl (C=O) groups excluding carboxylic acids is 3. The number of para-hydroxylation sites is 2. The van der Waals surface area contributed by atoms with Crippen LogP contribution in [0, 0.1) is 0 Å². The second-order valence-corrected chi connectivity index (χ2v) is 6.21. The Morgan fingerprint density at radius 3 is 1.69 bits per heavy atom. The van der Waals surface area contributed by atoms with Crippen LogP contribution < -0.4 is 15.3 Å². The van der Waals surface area contributed by atoms with Crippen molar-refractivity contribution in [1.29, 1.82) is 0 Å². The number of hydrogen-bond donors (Lipinski definition) is 1. The van der Waals surface area contributed by atoms with E-state index in [1.165, 1.54) is 10.0 Å². The Hall–Kier alpha value is -3.19. The van der Waals surface area contributed by atoms with Crippen molar-refractivity contribution in [2.24, 2.45) is 0 Å². The minimum absolute atomic E-state index is 0.0910. The molecular formula is C19H20N4O3. The highest BCUT2D eigenvalue weighted by molar-refractivity contribution is 6.26. The van der Waals surface area contributed by atoms with Gasteiger partial charge in [0.25, 0.3) is 11.8 Å². The van der Waals surface area contributed by atoms with Crippen LogP contribution >= 0.6 is 0 Å². The molecule has 0 unspecified atom stereocenters. The molecule has 7 nitrogen and oxygen atoms in total. The van der Waals surface area contributed by atoms with Gasteiger partial charge in [-0.1, -0.05) is 36.4 Å². The molecule has 2 aromatic rings. The van der Waals surface area contributed by atoms with E-state index in [4.69, 9.17) is 0 Å². The molecule has 0 spiro atoms. The van der Waals surface area contributed by atoms with Gasteiger partial charge < -0.3 is 10.2 Å². The van der Waals surface area contributed by atoms with Crippen molar-refractivity contribution in [3.05, 3.63) is 60.7 Å². The third kappa shape index (κ3) is 3.43. The van der Waals surface area contributed by atoms with Gasteiger partial charge in [-0.15, -0.1) is 0 Å². The highest BCUT2D eigenvalue weighted by atomic mass is 16.2. The zero-order chi connectivity index (χ0) is 18.7. The molecule has 0 aliphatic carbocycles. The Morgan fingerprint density at radius 1 is 0.885 bits per heavy atom. The van der Waals surface area contributed by atoms with Crippen LogP contribution in [0.15, 0.2) is 60.7 Å². The normalized spacial score (nSPS) is 15.0. The highest BCUT2D eigenvalue weighted by Gasteiger charge is 2.47. The van der Waals surface area contributed by atoms with Gasteiger partial charge >= 0.3 is 0 Å². The molecular weight excluding hydrogens is 332 g/mol. The summed E-state index contributed by atoms with van der Waals surface area (Å²) in [5.41, 5.74) is 1.11. The lowest BCUT2D eigenvalue weighted by atomic mass is 10.2. The van der Waals surface area contributed by atoms with Crippen LogP contribution in [0.25, 0.3) is 0 Å². The molecule has 3 rings (SSSR count). The quantitative estimate of drug-likeness (QED) is 0.816. The summed E-state index contributed by atoms with van der Waals surface area (Å²) in [4.78, 5) is 39.7. The molecule has 1 aliphatic heterocycles. The molecule has 3 amide bonds. The first kappa shape index (κ1) is 17.6. The molecule has 134 valence electrons.